The van der Waals surface area contributed by atoms with Gasteiger partial charge in [-0.25, -0.2) is 0 Å². The lowest BCUT2D eigenvalue weighted by atomic mass is 9.85. The number of aliphatic hydroxyl groups is 1. The molecule has 0 amide bonds. The predicted molar refractivity (Wildman–Crippen MR) is 68.4 cm³/mol. The Morgan fingerprint density at radius 1 is 1.40 bits per heavy atom. The molecule has 90 valence electrons. The minimum Gasteiger partial charge on any atom is -0.395 e. The normalized spacial score (nSPS) is 31.2. The summed E-state index contributed by atoms with van der Waals surface area (Å²) in [5, 5.41) is 13.3. The van der Waals surface area contributed by atoms with E-state index in [-0.39, 0.29) is 6.61 Å². The van der Waals surface area contributed by atoms with Crippen molar-refractivity contribution in [3.8, 4) is 0 Å². The zero-order valence-electron chi connectivity index (χ0n) is 10.2. The standard InChI is InChI=1S/C12H25NOS/c1-9-6-4-5-7-11(9)13-10(2)12(8-14)15-3/h9-14H,4-8H2,1-3H3. The highest BCUT2D eigenvalue weighted by molar-refractivity contribution is 7.99. The van der Waals surface area contributed by atoms with E-state index in [1.54, 1.807) is 11.8 Å². The smallest absolute Gasteiger partial charge is 0.0564 e. The van der Waals surface area contributed by atoms with Crippen molar-refractivity contribution in [2.24, 2.45) is 5.92 Å². The number of nitrogens with one attached hydrogen (secondary N) is 1. The average Bonchev–Trinajstić information content (AvgIpc) is 2.23. The SMILES string of the molecule is CSC(CO)C(C)NC1CCCCC1C. The van der Waals surface area contributed by atoms with Crippen LogP contribution in [-0.4, -0.2) is 35.3 Å². The van der Waals surface area contributed by atoms with Crippen LogP contribution in [0.3, 0.4) is 0 Å². The van der Waals surface area contributed by atoms with Gasteiger partial charge in [0.2, 0.25) is 0 Å². The second-order valence-electron chi connectivity index (χ2n) is 4.78. The molecule has 0 spiro atoms. The molecule has 15 heavy (non-hydrogen) atoms. The summed E-state index contributed by atoms with van der Waals surface area (Å²) in [6.45, 7) is 4.81. The number of aliphatic hydroxyl groups excluding tert-OH is 1. The van der Waals surface area contributed by atoms with Gasteiger partial charge in [-0.15, -0.1) is 0 Å². The van der Waals surface area contributed by atoms with E-state index < -0.39 is 0 Å². The lowest BCUT2D eigenvalue weighted by Crippen LogP contribution is -2.47. The van der Waals surface area contributed by atoms with Crippen molar-refractivity contribution in [2.75, 3.05) is 12.9 Å². The van der Waals surface area contributed by atoms with Gasteiger partial charge < -0.3 is 10.4 Å². The third-order valence-corrected chi connectivity index (χ3v) is 4.79. The number of rotatable bonds is 5. The van der Waals surface area contributed by atoms with Crippen LogP contribution in [0, 0.1) is 5.92 Å². The second-order valence-corrected chi connectivity index (χ2v) is 5.86. The molecule has 3 heteroatoms. The average molecular weight is 231 g/mol. The predicted octanol–water partition coefficient (Wildman–Crippen LogP) is 2.27. The van der Waals surface area contributed by atoms with Crippen LogP contribution in [0.25, 0.3) is 0 Å². The topological polar surface area (TPSA) is 32.3 Å². The van der Waals surface area contributed by atoms with E-state index in [1.165, 1.54) is 25.7 Å². The van der Waals surface area contributed by atoms with Crippen LogP contribution < -0.4 is 5.32 Å². The lowest BCUT2D eigenvalue weighted by molar-refractivity contribution is 0.233. The molecular weight excluding hydrogens is 206 g/mol. The van der Waals surface area contributed by atoms with Gasteiger partial charge in [-0.2, -0.15) is 11.8 Å². The molecule has 0 aromatic rings. The molecule has 0 radical (unpaired) electrons. The first-order valence-electron chi connectivity index (χ1n) is 6.08. The van der Waals surface area contributed by atoms with Crippen molar-refractivity contribution < 1.29 is 5.11 Å². The molecule has 0 aromatic heterocycles. The van der Waals surface area contributed by atoms with Gasteiger partial charge >= 0.3 is 0 Å². The third-order valence-electron chi connectivity index (χ3n) is 3.63. The van der Waals surface area contributed by atoms with Gasteiger partial charge in [0.05, 0.1) is 6.61 Å². The van der Waals surface area contributed by atoms with E-state index in [0.717, 1.165) is 5.92 Å². The van der Waals surface area contributed by atoms with Gasteiger partial charge in [-0.1, -0.05) is 19.8 Å². The van der Waals surface area contributed by atoms with Crippen molar-refractivity contribution >= 4 is 11.8 Å². The highest BCUT2D eigenvalue weighted by atomic mass is 32.2. The maximum atomic E-state index is 9.23. The largest absolute Gasteiger partial charge is 0.395 e. The summed E-state index contributed by atoms with van der Waals surface area (Å²) in [4.78, 5) is 0. The molecule has 2 N–H and O–H groups in total. The molecule has 2 nitrogen and oxygen atoms in total. The Morgan fingerprint density at radius 3 is 2.60 bits per heavy atom. The van der Waals surface area contributed by atoms with Crippen LogP contribution >= 0.6 is 11.8 Å². The summed E-state index contributed by atoms with van der Waals surface area (Å²) in [6, 6.07) is 1.07. The highest BCUT2D eigenvalue weighted by Gasteiger charge is 2.25. The monoisotopic (exact) mass is 231 g/mol. The van der Waals surface area contributed by atoms with Gasteiger partial charge in [0.1, 0.15) is 0 Å². The fourth-order valence-electron chi connectivity index (χ4n) is 2.45. The van der Waals surface area contributed by atoms with E-state index in [4.69, 9.17) is 0 Å². The Kier molecular flexibility index (Phi) is 6.02. The van der Waals surface area contributed by atoms with Crippen molar-refractivity contribution in [1.29, 1.82) is 0 Å². The van der Waals surface area contributed by atoms with Gasteiger partial charge in [0.15, 0.2) is 0 Å². The van der Waals surface area contributed by atoms with Gasteiger partial charge in [-0.3, -0.25) is 0 Å². The van der Waals surface area contributed by atoms with Crippen LogP contribution in [-0.2, 0) is 0 Å². The molecular formula is C12H25NOS. The molecule has 1 aliphatic rings. The molecule has 1 aliphatic carbocycles. The van der Waals surface area contributed by atoms with E-state index >= 15 is 0 Å². The third kappa shape index (κ3) is 3.97. The minimum atomic E-state index is 0.274. The first kappa shape index (κ1) is 13.3. The van der Waals surface area contributed by atoms with E-state index in [1.807, 2.05) is 0 Å². The quantitative estimate of drug-likeness (QED) is 0.761. The summed E-state index contributed by atoms with van der Waals surface area (Å²) >= 11 is 1.76. The van der Waals surface area contributed by atoms with Crippen LogP contribution in [0.1, 0.15) is 39.5 Å². The second kappa shape index (κ2) is 6.77. The van der Waals surface area contributed by atoms with Crippen molar-refractivity contribution in [2.45, 2.75) is 56.9 Å². The summed E-state index contributed by atoms with van der Waals surface area (Å²) in [5.74, 6) is 0.794. The highest BCUT2D eigenvalue weighted by Crippen LogP contribution is 2.25. The summed E-state index contributed by atoms with van der Waals surface area (Å²) in [5.41, 5.74) is 0. The van der Waals surface area contributed by atoms with E-state index in [2.05, 4.69) is 25.4 Å². The van der Waals surface area contributed by atoms with Crippen molar-refractivity contribution in [3.05, 3.63) is 0 Å². The van der Waals surface area contributed by atoms with Gasteiger partial charge in [-0.05, 0) is 31.9 Å². The fraction of sp³-hybridized carbons (Fsp3) is 1.00. The minimum absolute atomic E-state index is 0.274. The number of hydrogen-bond acceptors (Lipinski definition) is 3. The molecule has 1 fully saturated rings. The molecule has 4 unspecified atom stereocenters. The Balaban J connectivity index is 2.38. The van der Waals surface area contributed by atoms with Gasteiger partial charge in [0, 0.05) is 17.3 Å². The van der Waals surface area contributed by atoms with Crippen LogP contribution in [0.15, 0.2) is 0 Å². The summed E-state index contributed by atoms with van der Waals surface area (Å²) < 4.78 is 0. The van der Waals surface area contributed by atoms with Crippen molar-refractivity contribution in [3.63, 3.8) is 0 Å². The first-order chi connectivity index (χ1) is 7.19. The fourth-order valence-corrected chi connectivity index (χ4v) is 3.08. The molecule has 0 aromatic carbocycles. The maximum absolute atomic E-state index is 9.23. The zero-order chi connectivity index (χ0) is 11.3. The number of hydrogen-bond donors (Lipinski definition) is 2. The van der Waals surface area contributed by atoms with Crippen LogP contribution in [0.5, 0.6) is 0 Å². The molecule has 0 saturated heterocycles. The Labute approximate surface area is 98.2 Å². The molecule has 0 bridgehead atoms. The van der Waals surface area contributed by atoms with Crippen LogP contribution in [0.4, 0.5) is 0 Å². The first-order valence-corrected chi connectivity index (χ1v) is 7.37. The zero-order valence-corrected chi connectivity index (χ0v) is 11.0. The number of thioether (sulfide) groups is 1. The Hall–Kier alpha value is 0.270. The molecule has 1 rings (SSSR count). The molecule has 4 atom stereocenters. The van der Waals surface area contributed by atoms with Crippen LogP contribution in [0.2, 0.25) is 0 Å². The lowest BCUT2D eigenvalue weighted by Gasteiger charge is -2.34. The Morgan fingerprint density at radius 2 is 2.07 bits per heavy atom. The Bertz CT molecular complexity index is 173. The van der Waals surface area contributed by atoms with E-state index in [0.29, 0.717) is 17.3 Å². The molecule has 0 heterocycles. The van der Waals surface area contributed by atoms with E-state index in [9.17, 15) is 5.11 Å². The van der Waals surface area contributed by atoms with Crippen molar-refractivity contribution in [1.82, 2.24) is 5.32 Å². The molecule has 1 saturated carbocycles. The summed E-state index contributed by atoms with van der Waals surface area (Å²) in [7, 11) is 0. The molecule has 0 aliphatic heterocycles. The van der Waals surface area contributed by atoms with Gasteiger partial charge in [0.25, 0.3) is 0 Å². The maximum Gasteiger partial charge on any atom is 0.0564 e. The summed E-state index contributed by atoms with van der Waals surface area (Å²) in [6.07, 6.45) is 7.48.